The topological polar surface area (TPSA) is 55.6 Å². The molecular weight excluding hydrogens is 250 g/mol. The van der Waals surface area contributed by atoms with Crippen LogP contribution in [0.25, 0.3) is 0 Å². The Hall–Kier alpha value is -1.75. The summed E-state index contributed by atoms with van der Waals surface area (Å²) in [6.45, 7) is 9.27. The van der Waals surface area contributed by atoms with Crippen molar-refractivity contribution in [1.82, 2.24) is 25.5 Å². The van der Waals surface area contributed by atoms with E-state index in [2.05, 4.69) is 72.8 Å². The van der Waals surface area contributed by atoms with Crippen LogP contribution in [-0.4, -0.2) is 26.2 Å². The van der Waals surface area contributed by atoms with Crippen molar-refractivity contribution in [3.8, 4) is 0 Å². The van der Waals surface area contributed by atoms with Crippen molar-refractivity contribution in [3.63, 3.8) is 0 Å². The molecule has 5 heteroatoms. The van der Waals surface area contributed by atoms with Crippen LogP contribution in [0.15, 0.2) is 30.3 Å². The van der Waals surface area contributed by atoms with Crippen LogP contribution in [0, 0.1) is 0 Å². The molecule has 5 nitrogen and oxygen atoms in total. The molecule has 1 aromatic carbocycles. The number of benzene rings is 1. The van der Waals surface area contributed by atoms with Crippen molar-refractivity contribution in [2.24, 2.45) is 0 Å². The van der Waals surface area contributed by atoms with Gasteiger partial charge in [0.05, 0.1) is 12.6 Å². The zero-order chi connectivity index (χ0) is 14.5. The lowest BCUT2D eigenvalue weighted by atomic mass is 9.94. The number of hydrogen-bond acceptors (Lipinski definition) is 4. The molecule has 0 saturated heterocycles. The first kappa shape index (κ1) is 14.7. The molecule has 2 atom stereocenters. The number of nitrogens with one attached hydrogen (secondary N) is 1. The Morgan fingerprint density at radius 2 is 1.80 bits per heavy atom. The van der Waals surface area contributed by atoms with E-state index in [1.165, 1.54) is 5.56 Å². The van der Waals surface area contributed by atoms with Crippen LogP contribution in [0.2, 0.25) is 0 Å². The molecule has 1 heterocycles. The molecule has 0 amide bonds. The molecule has 108 valence electrons. The summed E-state index contributed by atoms with van der Waals surface area (Å²) in [6, 6.07) is 11.2. The molecule has 2 aromatic rings. The number of aromatic nitrogens is 4. The predicted octanol–water partition coefficient (Wildman–Crippen LogP) is 2.54. The molecule has 0 aliphatic carbocycles. The van der Waals surface area contributed by atoms with Gasteiger partial charge in [0.1, 0.15) is 0 Å². The SMILES string of the molecule is CC(NCc1nnnn1C(C)C)C(C)c1ccccc1. The Bertz CT molecular complexity index is 520. The van der Waals surface area contributed by atoms with E-state index in [-0.39, 0.29) is 6.04 Å². The summed E-state index contributed by atoms with van der Waals surface area (Å²) >= 11 is 0. The molecule has 0 fully saturated rings. The van der Waals surface area contributed by atoms with E-state index in [0.29, 0.717) is 18.5 Å². The van der Waals surface area contributed by atoms with E-state index in [1.54, 1.807) is 0 Å². The zero-order valence-corrected chi connectivity index (χ0v) is 12.6. The van der Waals surface area contributed by atoms with E-state index < -0.39 is 0 Å². The predicted molar refractivity (Wildman–Crippen MR) is 79.4 cm³/mol. The first-order chi connectivity index (χ1) is 9.59. The average molecular weight is 273 g/mol. The van der Waals surface area contributed by atoms with E-state index in [4.69, 9.17) is 0 Å². The van der Waals surface area contributed by atoms with Gasteiger partial charge in [0.25, 0.3) is 0 Å². The molecule has 1 aromatic heterocycles. The first-order valence-corrected chi connectivity index (χ1v) is 7.14. The molecule has 0 spiro atoms. The van der Waals surface area contributed by atoms with Crippen LogP contribution in [0.1, 0.15) is 51.0 Å². The van der Waals surface area contributed by atoms with Gasteiger partial charge in [0.15, 0.2) is 5.82 Å². The maximum atomic E-state index is 4.08. The number of hydrogen-bond donors (Lipinski definition) is 1. The molecule has 2 unspecified atom stereocenters. The minimum absolute atomic E-state index is 0.281. The summed E-state index contributed by atoms with van der Waals surface area (Å²) in [7, 11) is 0. The van der Waals surface area contributed by atoms with Crippen molar-refractivity contribution in [1.29, 1.82) is 0 Å². The summed E-state index contributed by atoms with van der Waals surface area (Å²) in [6.07, 6.45) is 0. The third-order valence-corrected chi connectivity index (χ3v) is 3.71. The van der Waals surface area contributed by atoms with Crippen LogP contribution in [0.5, 0.6) is 0 Å². The van der Waals surface area contributed by atoms with Gasteiger partial charge in [-0.3, -0.25) is 0 Å². The number of tetrazole rings is 1. The van der Waals surface area contributed by atoms with Crippen molar-refractivity contribution in [2.75, 3.05) is 0 Å². The normalized spacial score (nSPS) is 14.4. The third kappa shape index (κ3) is 3.42. The van der Waals surface area contributed by atoms with Crippen LogP contribution in [0.3, 0.4) is 0 Å². The maximum Gasteiger partial charge on any atom is 0.165 e. The van der Waals surface area contributed by atoms with Crippen LogP contribution < -0.4 is 5.32 Å². The monoisotopic (exact) mass is 273 g/mol. The molecule has 0 bridgehead atoms. The van der Waals surface area contributed by atoms with Gasteiger partial charge in [0.2, 0.25) is 0 Å². The molecule has 1 N–H and O–H groups in total. The summed E-state index contributed by atoms with van der Waals surface area (Å²) in [4.78, 5) is 0. The number of nitrogens with zero attached hydrogens (tertiary/aromatic N) is 4. The van der Waals surface area contributed by atoms with Crippen LogP contribution in [-0.2, 0) is 6.54 Å². The molecular formula is C15H23N5. The van der Waals surface area contributed by atoms with E-state index >= 15 is 0 Å². The summed E-state index contributed by atoms with van der Waals surface area (Å²) < 4.78 is 1.85. The second-order valence-electron chi connectivity index (χ2n) is 5.50. The summed E-state index contributed by atoms with van der Waals surface area (Å²) in [5.74, 6) is 1.33. The van der Waals surface area contributed by atoms with Gasteiger partial charge in [-0.25, -0.2) is 4.68 Å². The fraction of sp³-hybridized carbons (Fsp3) is 0.533. The largest absolute Gasteiger partial charge is 0.307 e. The first-order valence-electron chi connectivity index (χ1n) is 7.14. The highest BCUT2D eigenvalue weighted by molar-refractivity contribution is 5.20. The molecule has 20 heavy (non-hydrogen) atoms. The van der Waals surface area contributed by atoms with Crippen molar-refractivity contribution >= 4 is 0 Å². The van der Waals surface area contributed by atoms with Gasteiger partial charge < -0.3 is 5.32 Å². The van der Waals surface area contributed by atoms with E-state index in [1.807, 2.05) is 10.7 Å². The fourth-order valence-corrected chi connectivity index (χ4v) is 2.20. The van der Waals surface area contributed by atoms with Crippen molar-refractivity contribution in [3.05, 3.63) is 41.7 Å². The van der Waals surface area contributed by atoms with Crippen molar-refractivity contribution < 1.29 is 0 Å². The highest BCUT2D eigenvalue weighted by Crippen LogP contribution is 2.18. The summed E-state index contributed by atoms with van der Waals surface area (Å²) in [5, 5.41) is 15.4. The fourth-order valence-electron chi connectivity index (χ4n) is 2.20. The zero-order valence-electron chi connectivity index (χ0n) is 12.6. The summed E-state index contributed by atoms with van der Waals surface area (Å²) in [5.41, 5.74) is 1.34. The van der Waals surface area contributed by atoms with E-state index in [0.717, 1.165) is 5.82 Å². The molecule has 2 rings (SSSR count). The van der Waals surface area contributed by atoms with Crippen LogP contribution in [0.4, 0.5) is 0 Å². The Morgan fingerprint density at radius 3 is 2.45 bits per heavy atom. The van der Waals surface area contributed by atoms with Gasteiger partial charge in [-0.15, -0.1) is 5.10 Å². The molecule has 0 aliphatic heterocycles. The van der Waals surface area contributed by atoms with Gasteiger partial charge in [-0.2, -0.15) is 0 Å². The Balaban J connectivity index is 1.95. The highest BCUT2D eigenvalue weighted by Gasteiger charge is 2.15. The maximum absolute atomic E-state index is 4.08. The minimum Gasteiger partial charge on any atom is -0.307 e. The lowest BCUT2D eigenvalue weighted by molar-refractivity contribution is 0.440. The van der Waals surface area contributed by atoms with Gasteiger partial charge in [-0.1, -0.05) is 37.3 Å². The molecule has 0 radical (unpaired) electrons. The average Bonchev–Trinajstić information content (AvgIpc) is 2.93. The lowest BCUT2D eigenvalue weighted by Gasteiger charge is -2.21. The van der Waals surface area contributed by atoms with E-state index in [9.17, 15) is 0 Å². The van der Waals surface area contributed by atoms with Gasteiger partial charge in [-0.05, 0) is 42.7 Å². The second-order valence-corrected chi connectivity index (χ2v) is 5.50. The minimum atomic E-state index is 0.281. The Morgan fingerprint density at radius 1 is 1.10 bits per heavy atom. The lowest BCUT2D eigenvalue weighted by Crippen LogP contribution is -2.31. The number of rotatable bonds is 6. The standard InChI is InChI=1S/C15H23N5/c1-11(2)20-15(17-18-19-20)10-16-13(4)12(3)14-8-6-5-7-9-14/h5-9,11-13,16H,10H2,1-4H3. The highest BCUT2D eigenvalue weighted by atomic mass is 15.5. The van der Waals surface area contributed by atoms with Crippen molar-refractivity contribution in [2.45, 2.75) is 52.2 Å². The van der Waals surface area contributed by atoms with Gasteiger partial charge >= 0.3 is 0 Å². The smallest absolute Gasteiger partial charge is 0.165 e. The quantitative estimate of drug-likeness (QED) is 0.878. The second kappa shape index (κ2) is 6.61. The third-order valence-electron chi connectivity index (χ3n) is 3.71. The van der Waals surface area contributed by atoms with Gasteiger partial charge in [0, 0.05) is 6.04 Å². The Kier molecular flexibility index (Phi) is 4.84. The molecule has 0 aliphatic rings. The molecule has 0 saturated carbocycles. The Labute approximate surface area is 120 Å². The van der Waals surface area contributed by atoms with Crippen LogP contribution >= 0.6 is 0 Å².